The van der Waals surface area contributed by atoms with Crippen LogP contribution >= 0.6 is 11.6 Å². The quantitative estimate of drug-likeness (QED) is 0.885. The first-order valence-corrected chi connectivity index (χ1v) is 5.42. The lowest BCUT2D eigenvalue weighted by atomic mass is 9.85. The normalized spacial score (nSPS) is 17.6. The Morgan fingerprint density at radius 3 is 2.41 bits per heavy atom. The Morgan fingerprint density at radius 1 is 1.41 bits per heavy atom. The Balaban J connectivity index is 3.34. The first-order valence-electron chi connectivity index (χ1n) is 5.04. The Hall–Kier alpha value is -0.780. The number of hydrogen-bond acceptors (Lipinski definition) is 2. The lowest BCUT2D eigenvalue weighted by Gasteiger charge is -2.35. The van der Waals surface area contributed by atoms with Gasteiger partial charge in [-0.1, -0.05) is 30.7 Å². The van der Waals surface area contributed by atoms with Gasteiger partial charge in [0.1, 0.15) is 0 Å². The highest BCUT2D eigenvalue weighted by molar-refractivity contribution is 6.30. The molecule has 0 amide bonds. The fourth-order valence-corrected chi connectivity index (χ4v) is 1.80. The van der Waals surface area contributed by atoms with E-state index in [2.05, 4.69) is 0 Å². The summed E-state index contributed by atoms with van der Waals surface area (Å²) in [6.07, 6.45) is -4.87. The zero-order chi connectivity index (χ0) is 13.3. The summed E-state index contributed by atoms with van der Waals surface area (Å²) in [4.78, 5) is 0. The fourth-order valence-electron chi connectivity index (χ4n) is 1.61. The maximum Gasteiger partial charge on any atom is 0.422 e. The summed E-state index contributed by atoms with van der Waals surface area (Å²) in [5.41, 5.74) is 1.99. The highest BCUT2D eigenvalue weighted by atomic mass is 35.5. The minimum Gasteiger partial charge on any atom is -0.375 e. The molecule has 1 rings (SSSR count). The third-order valence-corrected chi connectivity index (χ3v) is 2.91. The third-order valence-electron chi connectivity index (χ3n) is 2.67. The highest BCUT2D eigenvalue weighted by Crippen LogP contribution is 2.42. The third kappa shape index (κ3) is 2.56. The molecule has 0 radical (unpaired) electrons. The number of benzene rings is 1. The monoisotopic (exact) mass is 267 g/mol. The predicted octanol–water partition coefficient (Wildman–Crippen LogP) is 2.83. The largest absolute Gasteiger partial charge is 0.422 e. The van der Waals surface area contributed by atoms with Crippen LogP contribution in [0.2, 0.25) is 5.02 Å². The lowest BCUT2D eigenvalue weighted by molar-refractivity contribution is -0.274. The second kappa shape index (κ2) is 4.84. The van der Waals surface area contributed by atoms with Crippen LogP contribution in [0.25, 0.3) is 0 Å². The van der Waals surface area contributed by atoms with Crippen molar-refractivity contribution in [3.63, 3.8) is 0 Å². The molecule has 0 heterocycles. The van der Waals surface area contributed by atoms with E-state index >= 15 is 0 Å². The van der Waals surface area contributed by atoms with Crippen molar-refractivity contribution in [2.24, 2.45) is 5.73 Å². The van der Waals surface area contributed by atoms with Crippen molar-refractivity contribution in [3.05, 3.63) is 34.9 Å². The van der Waals surface area contributed by atoms with Gasteiger partial charge in [0, 0.05) is 11.1 Å². The van der Waals surface area contributed by atoms with Crippen LogP contribution in [0.15, 0.2) is 24.3 Å². The summed E-state index contributed by atoms with van der Waals surface area (Å²) in [7, 11) is 0. The van der Waals surface area contributed by atoms with E-state index in [9.17, 15) is 18.3 Å². The molecule has 0 saturated heterocycles. The lowest BCUT2D eigenvalue weighted by Crippen LogP contribution is -2.55. The van der Waals surface area contributed by atoms with Crippen LogP contribution in [-0.4, -0.2) is 17.3 Å². The molecule has 6 heteroatoms. The van der Waals surface area contributed by atoms with Crippen LogP contribution in [0.3, 0.4) is 0 Å². The first-order chi connectivity index (χ1) is 7.73. The maximum absolute atomic E-state index is 13.0. The van der Waals surface area contributed by atoms with Crippen LogP contribution in [0.5, 0.6) is 0 Å². The summed E-state index contributed by atoms with van der Waals surface area (Å²) < 4.78 is 39.0. The molecule has 2 unspecified atom stereocenters. The molecule has 17 heavy (non-hydrogen) atoms. The molecule has 0 bridgehead atoms. The number of nitrogens with two attached hydrogens (primary N) is 1. The molecule has 0 aromatic heterocycles. The molecular formula is C11H13ClF3NO. The number of aliphatic hydroxyl groups is 1. The molecule has 3 N–H and O–H groups in total. The van der Waals surface area contributed by atoms with E-state index in [-0.39, 0.29) is 17.0 Å². The van der Waals surface area contributed by atoms with E-state index in [1.807, 2.05) is 0 Å². The first kappa shape index (κ1) is 14.3. The van der Waals surface area contributed by atoms with Gasteiger partial charge in [-0.15, -0.1) is 0 Å². The van der Waals surface area contributed by atoms with Gasteiger partial charge in [0.05, 0.1) is 0 Å². The van der Waals surface area contributed by atoms with E-state index in [0.29, 0.717) is 0 Å². The van der Waals surface area contributed by atoms with Gasteiger partial charge in [-0.05, 0) is 24.1 Å². The summed E-state index contributed by atoms with van der Waals surface area (Å²) in [5, 5.41) is 10.0. The van der Waals surface area contributed by atoms with Crippen LogP contribution in [-0.2, 0) is 5.60 Å². The van der Waals surface area contributed by atoms with Crippen molar-refractivity contribution in [3.8, 4) is 0 Å². The highest BCUT2D eigenvalue weighted by Gasteiger charge is 2.58. The average molecular weight is 268 g/mol. The number of hydrogen-bond donors (Lipinski definition) is 2. The minimum absolute atomic E-state index is 0.0114. The minimum atomic E-state index is -4.85. The van der Waals surface area contributed by atoms with Gasteiger partial charge in [-0.2, -0.15) is 13.2 Å². The zero-order valence-electron chi connectivity index (χ0n) is 9.13. The van der Waals surface area contributed by atoms with E-state index in [1.165, 1.54) is 19.1 Å². The number of rotatable bonds is 3. The Labute approximate surface area is 102 Å². The van der Waals surface area contributed by atoms with Crippen molar-refractivity contribution >= 4 is 11.6 Å². The molecular weight excluding hydrogens is 255 g/mol. The SMILES string of the molecule is CCC(N)C(O)(c1cccc(Cl)c1)C(F)(F)F. The molecule has 0 fully saturated rings. The van der Waals surface area contributed by atoms with Crippen molar-refractivity contribution < 1.29 is 18.3 Å². The van der Waals surface area contributed by atoms with Crippen molar-refractivity contribution in [1.29, 1.82) is 0 Å². The molecule has 0 aliphatic rings. The van der Waals surface area contributed by atoms with E-state index < -0.39 is 17.8 Å². The van der Waals surface area contributed by atoms with E-state index in [1.54, 1.807) is 0 Å². The average Bonchev–Trinajstić information content (AvgIpc) is 2.25. The van der Waals surface area contributed by atoms with E-state index in [0.717, 1.165) is 12.1 Å². The van der Waals surface area contributed by atoms with Crippen molar-refractivity contribution in [1.82, 2.24) is 0 Å². The molecule has 1 aromatic carbocycles. The van der Waals surface area contributed by atoms with Gasteiger partial charge in [-0.25, -0.2) is 0 Å². The van der Waals surface area contributed by atoms with Gasteiger partial charge < -0.3 is 10.8 Å². The van der Waals surface area contributed by atoms with E-state index in [4.69, 9.17) is 17.3 Å². The van der Waals surface area contributed by atoms with Crippen molar-refractivity contribution in [2.75, 3.05) is 0 Å². The molecule has 96 valence electrons. The second-order valence-corrected chi connectivity index (χ2v) is 4.23. The summed E-state index contributed by atoms with van der Waals surface area (Å²) in [6, 6.07) is 3.57. The Morgan fingerprint density at radius 2 is 2.00 bits per heavy atom. The van der Waals surface area contributed by atoms with Gasteiger partial charge >= 0.3 is 6.18 Å². The zero-order valence-corrected chi connectivity index (χ0v) is 9.89. The topological polar surface area (TPSA) is 46.2 Å². The maximum atomic E-state index is 13.0. The van der Waals surface area contributed by atoms with Gasteiger partial charge in [0.2, 0.25) is 5.60 Å². The van der Waals surface area contributed by atoms with Crippen LogP contribution < -0.4 is 5.73 Å². The smallest absolute Gasteiger partial charge is 0.375 e. The summed E-state index contributed by atoms with van der Waals surface area (Å²) >= 11 is 5.63. The Bertz CT molecular complexity index is 397. The number of halogens is 4. The number of alkyl halides is 3. The fraction of sp³-hybridized carbons (Fsp3) is 0.455. The van der Waals surface area contributed by atoms with Crippen LogP contribution in [0.4, 0.5) is 13.2 Å². The second-order valence-electron chi connectivity index (χ2n) is 3.79. The molecule has 0 aliphatic carbocycles. The molecule has 2 atom stereocenters. The van der Waals surface area contributed by atoms with Crippen molar-refractivity contribution in [2.45, 2.75) is 31.2 Å². The molecule has 0 spiro atoms. The summed E-state index contributed by atoms with van der Waals surface area (Å²) in [6.45, 7) is 1.48. The Kier molecular flexibility index (Phi) is 4.06. The molecule has 0 aliphatic heterocycles. The molecule has 2 nitrogen and oxygen atoms in total. The van der Waals surface area contributed by atoms with Gasteiger partial charge in [-0.3, -0.25) is 0 Å². The predicted molar refractivity (Wildman–Crippen MR) is 59.7 cm³/mol. The molecule has 0 saturated carbocycles. The van der Waals surface area contributed by atoms with Gasteiger partial charge in [0.15, 0.2) is 0 Å². The standard InChI is InChI=1S/C11H13ClF3NO/c1-2-9(16)10(17,11(13,14)15)7-4-3-5-8(12)6-7/h3-6,9,17H,2,16H2,1H3. The molecule has 1 aromatic rings. The summed E-state index contributed by atoms with van der Waals surface area (Å²) in [5.74, 6) is 0. The van der Waals surface area contributed by atoms with Crippen LogP contribution in [0, 0.1) is 0 Å². The van der Waals surface area contributed by atoms with Gasteiger partial charge in [0.25, 0.3) is 0 Å². The van der Waals surface area contributed by atoms with Crippen LogP contribution in [0.1, 0.15) is 18.9 Å².